The number of carbonyl (C=O) groups excluding carboxylic acids is 1. The monoisotopic (exact) mass is 467 g/mol. The van der Waals surface area contributed by atoms with Crippen molar-refractivity contribution in [2.75, 3.05) is 18.4 Å². The highest BCUT2D eigenvalue weighted by atomic mass is 19.4. The molecule has 0 fully saturated rings. The fraction of sp³-hybridized carbons (Fsp3) is 0.167. The molecule has 1 aliphatic rings. The van der Waals surface area contributed by atoms with E-state index in [2.05, 4.69) is 15.4 Å². The molecular weight excluding hydrogens is 450 g/mol. The molecule has 6 nitrogen and oxygen atoms in total. The van der Waals surface area contributed by atoms with E-state index < -0.39 is 23.5 Å². The fourth-order valence-electron chi connectivity index (χ4n) is 3.56. The molecule has 4 rings (SSSR count). The summed E-state index contributed by atoms with van der Waals surface area (Å²) in [6, 6.07) is 15.3. The third-order valence-electron chi connectivity index (χ3n) is 5.21. The number of anilines is 1. The topological polar surface area (TPSA) is 81.4 Å². The van der Waals surface area contributed by atoms with Gasteiger partial charge in [0.05, 0.1) is 35.0 Å². The Morgan fingerprint density at radius 1 is 1.09 bits per heavy atom. The number of benzene rings is 2. The lowest BCUT2D eigenvalue weighted by Gasteiger charge is -2.16. The third-order valence-corrected chi connectivity index (χ3v) is 5.21. The van der Waals surface area contributed by atoms with Crippen LogP contribution >= 0.6 is 0 Å². The first-order chi connectivity index (χ1) is 16.2. The van der Waals surface area contributed by atoms with E-state index in [-0.39, 0.29) is 18.2 Å². The van der Waals surface area contributed by atoms with E-state index in [4.69, 9.17) is 5.26 Å². The molecule has 1 N–H and O–H groups in total. The number of aromatic nitrogens is 1. The number of hydrazone groups is 1. The molecular formula is C24H17F4N5O. The van der Waals surface area contributed by atoms with Gasteiger partial charge >= 0.3 is 6.18 Å². The maximum atomic E-state index is 13.4. The predicted molar refractivity (Wildman–Crippen MR) is 116 cm³/mol. The number of pyridine rings is 1. The lowest BCUT2D eigenvalue weighted by Crippen LogP contribution is -2.29. The van der Waals surface area contributed by atoms with Gasteiger partial charge in [-0.3, -0.25) is 14.8 Å². The fourth-order valence-corrected chi connectivity index (χ4v) is 3.56. The van der Waals surface area contributed by atoms with Crippen LogP contribution in [-0.2, 0) is 11.0 Å². The number of hydrogen-bond acceptors (Lipinski definition) is 5. The number of amides is 1. The number of carbonyl (C=O) groups is 1. The molecule has 1 atom stereocenters. The first kappa shape index (κ1) is 22.9. The van der Waals surface area contributed by atoms with Gasteiger partial charge < -0.3 is 5.32 Å². The van der Waals surface area contributed by atoms with Crippen molar-refractivity contribution < 1.29 is 22.4 Å². The van der Waals surface area contributed by atoms with Crippen LogP contribution in [0.25, 0.3) is 0 Å². The predicted octanol–water partition coefficient (Wildman–Crippen LogP) is 4.55. The first-order valence-electron chi connectivity index (χ1n) is 10.2. The summed E-state index contributed by atoms with van der Waals surface area (Å²) in [5, 5.41) is 17.6. The van der Waals surface area contributed by atoms with Gasteiger partial charge in [0.1, 0.15) is 18.4 Å². The zero-order chi connectivity index (χ0) is 24.3. The molecule has 172 valence electrons. The lowest BCUT2D eigenvalue weighted by molar-refractivity contribution is -0.137. The van der Waals surface area contributed by atoms with E-state index >= 15 is 0 Å². The van der Waals surface area contributed by atoms with Crippen LogP contribution in [0.2, 0.25) is 0 Å². The summed E-state index contributed by atoms with van der Waals surface area (Å²) in [6.45, 7) is 0.143. The first-order valence-corrected chi connectivity index (χ1v) is 10.2. The Balaban J connectivity index is 1.51. The average molecular weight is 467 g/mol. The maximum Gasteiger partial charge on any atom is 0.416 e. The summed E-state index contributed by atoms with van der Waals surface area (Å²) < 4.78 is 51.6. The van der Waals surface area contributed by atoms with Crippen LogP contribution in [0.1, 0.15) is 28.3 Å². The minimum atomic E-state index is -4.46. The van der Waals surface area contributed by atoms with Crippen LogP contribution in [0, 0.1) is 17.1 Å². The number of alkyl halides is 3. The van der Waals surface area contributed by atoms with Gasteiger partial charge in [0, 0.05) is 11.9 Å². The van der Waals surface area contributed by atoms with Gasteiger partial charge in [0.25, 0.3) is 0 Å². The van der Waals surface area contributed by atoms with Crippen LogP contribution in [0.4, 0.5) is 23.2 Å². The second-order valence-corrected chi connectivity index (χ2v) is 7.60. The average Bonchev–Trinajstić information content (AvgIpc) is 3.23. The molecule has 1 aromatic heterocycles. The van der Waals surface area contributed by atoms with Crippen LogP contribution in [-0.4, -0.2) is 34.7 Å². The van der Waals surface area contributed by atoms with E-state index in [1.165, 1.54) is 35.5 Å². The Morgan fingerprint density at radius 2 is 1.79 bits per heavy atom. The molecule has 1 unspecified atom stereocenters. The summed E-state index contributed by atoms with van der Waals surface area (Å²) in [7, 11) is 0. The Bertz CT molecular complexity index is 1250. The molecule has 2 aromatic carbocycles. The molecule has 2 heterocycles. The van der Waals surface area contributed by atoms with Gasteiger partial charge in [-0.2, -0.15) is 23.5 Å². The van der Waals surface area contributed by atoms with Crippen LogP contribution in [0.15, 0.2) is 72.0 Å². The van der Waals surface area contributed by atoms with Crippen molar-refractivity contribution in [2.45, 2.75) is 12.1 Å². The highest BCUT2D eigenvalue weighted by molar-refractivity contribution is 6.06. The molecule has 0 bridgehead atoms. The van der Waals surface area contributed by atoms with E-state index in [0.717, 1.165) is 12.1 Å². The normalized spacial score (nSPS) is 15.6. The number of rotatable bonds is 5. The molecule has 34 heavy (non-hydrogen) atoms. The van der Waals surface area contributed by atoms with Gasteiger partial charge in [0.2, 0.25) is 5.91 Å². The molecule has 0 radical (unpaired) electrons. The standard InChI is InChI=1S/C24H17F4N5O/c25-18-6-2-16(3-7-18)23-20(21-10-1-15(11-29)12-30-21)13-33(32-23)14-22(34)31-19-8-4-17(5-9-19)24(26,27)28/h1-10,12,20H,13-14H2,(H,31,34). The minimum Gasteiger partial charge on any atom is -0.324 e. The van der Waals surface area contributed by atoms with Crippen molar-refractivity contribution in [3.8, 4) is 6.07 Å². The van der Waals surface area contributed by atoms with E-state index in [1.54, 1.807) is 24.3 Å². The Hall–Kier alpha value is -4.26. The smallest absolute Gasteiger partial charge is 0.324 e. The summed E-state index contributed by atoms with van der Waals surface area (Å²) in [6.07, 6.45) is -3.02. The molecule has 10 heteroatoms. The number of hydrogen-bond donors (Lipinski definition) is 1. The minimum absolute atomic E-state index is 0.154. The Morgan fingerprint density at radius 3 is 2.38 bits per heavy atom. The van der Waals surface area contributed by atoms with Gasteiger partial charge in [-0.15, -0.1) is 0 Å². The second-order valence-electron chi connectivity index (χ2n) is 7.60. The third kappa shape index (κ3) is 5.20. The Labute approximate surface area is 192 Å². The molecule has 0 spiro atoms. The largest absolute Gasteiger partial charge is 0.416 e. The molecule has 3 aromatic rings. The van der Waals surface area contributed by atoms with Crippen molar-refractivity contribution in [3.05, 3.63) is 95.1 Å². The molecule has 0 saturated carbocycles. The van der Waals surface area contributed by atoms with Crippen molar-refractivity contribution in [3.63, 3.8) is 0 Å². The van der Waals surface area contributed by atoms with E-state index in [0.29, 0.717) is 29.1 Å². The van der Waals surface area contributed by atoms with Gasteiger partial charge in [0.15, 0.2) is 0 Å². The summed E-state index contributed by atoms with van der Waals surface area (Å²) in [5.41, 5.74) is 1.69. The van der Waals surface area contributed by atoms with Crippen molar-refractivity contribution in [1.29, 1.82) is 5.26 Å². The number of nitrogens with zero attached hydrogens (tertiary/aromatic N) is 4. The summed E-state index contributed by atoms with van der Waals surface area (Å²) >= 11 is 0. The van der Waals surface area contributed by atoms with Gasteiger partial charge in [-0.05, 0) is 54.1 Å². The van der Waals surface area contributed by atoms with E-state index in [1.807, 2.05) is 6.07 Å². The quantitative estimate of drug-likeness (QED) is 0.558. The SMILES string of the molecule is N#Cc1ccc(C2CN(CC(=O)Nc3ccc(C(F)(F)F)cc3)N=C2c2ccc(F)cc2)nc1. The zero-order valence-electron chi connectivity index (χ0n) is 17.6. The van der Waals surface area contributed by atoms with Crippen molar-refractivity contribution in [1.82, 2.24) is 9.99 Å². The van der Waals surface area contributed by atoms with Gasteiger partial charge in [-0.1, -0.05) is 12.1 Å². The van der Waals surface area contributed by atoms with Crippen LogP contribution in [0.3, 0.4) is 0 Å². The summed E-state index contributed by atoms with van der Waals surface area (Å²) in [5.74, 6) is -1.20. The van der Waals surface area contributed by atoms with Gasteiger partial charge in [-0.25, -0.2) is 4.39 Å². The van der Waals surface area contributed by atoms with Crippen molar-refractivity contribution in [2.24, 2.45) is 5.10 Å². The zero-order valence-corrected chi connectivity index (χ0v) is 17.6. The van der Waals surface area contributed by atoms with E-state index in [9.17, 15) is 22.4 Å². The Kier molecular flexibility index (Phi) is 6.27. The number of nitrogens with one attached hydrogen (secondary N) is 1. The second kappa shape index (κ2) is 9.31. The molecule has 1 amide bonds. The highest BCUT2D eigenvalue weighted by Crippen LogP contribution is 2.30. The summed E-state index contributed by atoms with van der Waals surface area (Å²) in [4.78, 5) is 16.9. The maximum absolute atomic E-state index is 13.4. The number of halogens is 4. The molecule has 0 saturated heterocycles. The van der Waals surface area contributed by atoms with Crippen LogP contribution < -0.4 is 5.32 Å². The lowest BCUT2D eigenvalue weighted by atomic mass is 9.94. The highest BCUT2D eigenvalue weighted by Gasteiger charge is 2.32. The van der Waals surface area contributed by atoms with Crippen LogP contribution in [0.5, 0.6) is 0 Å². The molecule has 0 aliphatic carbocycles. The number of nitriles is 1. The van der Waals surface area contributed by atoms with Crippen molar-refractivity contribution >= 4 is 17.3 Å². The molecule has 1 aliphatic heterocycles.